The minimum Gasteiger partial charge on any atom is -1.00 e. The molecule has 3 heteroatoms. The third-order valence-corrected chi connectivity index (χ3v) is 18.1. The zero-order valence-electron chi connectivity index (χ0n) is 26.6. The van der Waals surface area contributed by atoms with E-state index in [1.54, 1.807) is 26.5 Å². The quantitative estimate of drug-likeness (QED) is 0.313. The van der Waals surface area contributed by atoms with E-state index in [1.165, 1.54) is 33.4 Å². The van der Waals surface area contributed by atoms with E-state index in [-0.39, 0.29) is 35.6 Å². The monoisotopic (exact) mass is 662 g/mol. The van der Waals surface area contributed by atoms with Crippen molar-refractivity contribution in [3.8, 4) is 11.1 Å². The number of benzene rings is 3. The number of rotatable bonds is 4. The van der Waals surface area contributed by atoms with Crippen LogP contribution >= 0.6 is 0 Å². The molecular formula is C38H46Cl2Zr. The van der Waals surface area contributed by atoms with Gasteiger partial charge in [0.2, 0.25) is 0 Å². The van der Waals surface area contributed by atoms with E-state index in [0.29, 0.717) is 5.92 Å². The summed E-state index contributed by atoms with van der Waals surface area (Å²) in [5.41, 5.74) is 13.9. The van der Waals surface area contributed by atoms with Crippen LogP contribution in [0.15, 0.2) is 81.2 Å². The van der Waals surface area contributed by atoms with Gasteiger partial charge in [-0.1, -0.05) is 0 Å². The van der Waals surface area contributed by atoms with Crippen LogP contribution in [0.5, 0.6) is 0 Å². The molecule has 0 nitrogen and oxygen atoms in total. The fraction of sp³-hybridized carbons (Fsp3) is 0.395. The van der Waals surface area contributed by atoms with Gasteiger partial charge in [-0.25, -0.2) is 0 Å². The van der Waals surface area contributed by atoms with Gasteiger partial charge in [0.15, 0.2) is 0 Å². The van der Waals surface area contributed by atoms with Crippen molar-refractivity contribution >= 4 is 6.48 Å². The van der Waals surface area contributed by atoms with Crippen molar-refractivity contribution in [1.29, 1.82) is 0 Å². The summed E-state index contributed by atoms with van der Waals surface area (Å²) in [6.45, 7) is 23.9. The molecule has 1 unspecified atom stereocenters. The third-order valence-electron chi connectivity index (χ3n) is 9.00. The van der Waals surface area contributed by atoms with E-state index in [0.717, 1.165) is 12.8 Å². The van der Waals surface area contributed by atoms with Gasteiger partial charge in [-0.05, 0) is 0 Å². The van der Waals surface area contributed by atoms with Gasteiger partial charge in [-0.2, -0.15) is 0 Å². The second-order valence-corrected chi connectivity index (χ2v) is 19.7. The van der Waals surface area contributed by atoms with E-state index < -0.39 is 21.3 Å². The maximum absolute atomic E-state index is 2.60. The minimum atomic E-state index is -2.60. The summed E-state index contributed by atoms with van der Waals surface area (Å²) in [7, 11) is 0. The molecule has 2 aliphatic rings. The Morgan fingerprint density at radius 1 is 0.829 bits per heavy atom. The molecule has 0 aliphatic heterocycles. The molecule has 0 N–H and O–H groups in total. The molecule has 0 saturated carbocycles. The largest absolute Gasteiger partial charge is 1.00 e. The fourth-order valence-corrected chi connectivity index (χ4v) is 16.8. The summed E-state index contributed by atoms with van der Waals surface area (Å²) < 4.78 is 5.30. The Morgan fingerprint density at radius 2 is 1.46 bits per heavy atom. The number of hydrogen-bond acceptors (Lipinski definition) is 0. The molecule has 0 bridgehead atoms. The zero-order valence-corrected chi connectivity index (χ0v) is 30.6. The molecule has 216 valence electrons. The Labute approximate surface area is 269 Å². The smallest absolute Gasteiger partial charge is 1.00 e. The van der Waals surface area contributed by atoms with Crippen molar-refractivity contribution in [2.24, 2.45) is 5.92 Å². The molecule has 3 aromatic carbocycles. The Hall–Kier alpha value is -1.53. The van der Waals surface area contributed by atoms with E-state index in [9.17, 15) is 0 Å². The molecule has 0 fully saturated rings. The van der Waals surface area contributed by atoms with Crippen molar-refractivity contribution in [1.82, 2.24) is 0 Å². The van der Waals surface area contributed by atoms with Gasteiger partial charge in [-0.15, -0.1) is 0 Å². The number of fused-ring (bicyclic) bond motifs is 3. The summed E-state index contributed by atoms with van der Waals surface area (Å²) in [5.74, 6) is 0.518. The fourth-order valence-electron chi connectivity index (χ4n) is 6.82. The molecule has 3 aromatic rings. The predicted molar refractivity (Wildman–Crippen MR) is 168 cm³/mol. The van der Waals surface area contributed by atoms with Gasteiger partial charge < -0.3 is 24.8 Å². The molecule has 0 aromatic heterocycles. The third kappa shape index (κ3) is 6.25. The van der Waals surface area contributed by atoms with E-state index >= 15 is 0 Å². The SMILES string of the molecule is CC/[C](c1ccccc1)=[Zr+2](\[C]1=C(C)C(C)=CC1C)[c]1c(C(C)(C)C)ccc2c1Cc1cc(C(C)(C)C)ccc1-2.[Cl-].[Cl-]. The molecule has 41 heavy (non-hydrogen) atoms. The Kier molecular flexibility index (Phi) is 10.4. The minimum absolute atomic E-state index is 0. The average molecular weight is 665 g/mol. The maximum atomic E-state index is 2.54. The summed E-state index contributed by atoms with van der Waals surface area (Å²) >= 11 is -2.60. The molecule has 0 amide bonds. The van der Waals surface area contributed by atoms with Crippen LogP contribution < -0.4 is 28.1 Å². The molecule has 0 radical (unpaired) electrons. The van der Waals surface area contributed by atoms with Gasteiger partial charge in [0, 0.05) is 0 Å². The Bertz CT molecular complexity index is 1540. The van der Waals surface area contributed by atoms with Crippen molar-refractivity contribution in [2.75, 3.05) is 0 Å². The first-order valence-corrected chi connectivity index (χ1v) is 18.5. The number of allylic oxidation sites excluding steroid dienone is 4. The van der Waals surface area contributed by atoms with Crippen molar-refractivity contribution in [2.45, 2.75) is 92.9 Å². The van der Waals surface area contributed by atoms with Crippen molar-refractivity contribution in [3.63, 3.8) is 0 Å². The van der Waals surface area contributed by atoms with Crippen LogP contribution in [-0.2, 0) is 38.5 Å². The van der Waals surface area contributed by atoms with Crippen molar-refractivity contribution in [3.05, 3.63) is 109 Å². The number of halogens is 2. The Balaban J connectivity index is 0.00000231. The van der Waals surface area contributed by atoms with Crippen LogP contribution in [0.1, 0.15) is 103 Å². The van der Waals surface area contributed by atoms with Crippen LogP contribution in [-0.4, -0.2) is 3.21 Å². The van der Waals surface area contributed by atoms with Crippen LogP contribution in [0.3, 0.4) is 0 Å². The molecule has 0 spiro atoms. The number of hydrogen-bond donors (Lipinski definition) is 0. The summed E-state index contributed by atoms with van der Waals surface area (Å²) in [6, 6.07) is 23.7. The normalized spacial score (nSPS) is 16.4. The summed E-state index contributed by atoms with van der Waals surface area (Å²) in [6.07, 6.45) is 4.72. The second kappa shape index (κ2) is 12.6. The van der Waals surface area contributed by atoms with Crippen LogP contribution in [0, 0.1) is 5.92 Å². The van der Waals surface area contributed by atoms with Gasteiger partial charge >= 0.3 is 247 Å². The van der Waals surface area contributed by atoms with Crippen LogP contribution in [0.2, 0.25) is 0 Å². The van der Waals surface area contributed by atoms with Gasteiger partial charge in [-0.3, -0.25) is 0 Å². The first kappa shape index (κ1) is 34.0. The van der Waals surface area contributed by atoms with Crippen LogP contribution in [0.25, 0.3) is 11.1 Å². The average Bonchev–Trinajstić information content (AvgIpc) is 3.37. The molecule has 0 saturated heterocycles. The summed E-state index contributed by atoms with van der Waals surface area (Å²) in [5, 5.41) is 0. The maximum Gasteiger partial charge on any atom is -1.00 e. The molecule has 5 rings (SSSR count). The zero-order chi connectivity index (χ0) is 28.3. The predicted octanol–water partition coefficient (Wildman–Crippen LogP) is 3.61. The van der Waals surface area contributed by atoms with E-state index in [1.807, 2.05) is 0 Å². The standard InChI is InChI=1S/C21H25.C9H10.C8H11.2ClH.Zr/c1-20(2,3)16-7-9-18-14(12-16)11-15-13-17(21(4,5)6)8-10-19(15)18;1-2-6-9-7-4-3-5-8-9;1-6-4-7(2)8(3)5-6;;;/h7-10,12H,11H2,1-6H3;3-5,7-8H,2H2,1H3;4,6H,1-3H3;2*1H;/q;;;;;+2/p-2. The van der Waals surface area contributed by atoms with Gasteiger partial charge in [0.25, 0.3) is 0 Å². The molecule has 1 atom stereocenters. The molecule has 2 aliphatic carbocycles. The summed E-state index contributed by atoms with van der Waals surface area (Å²) in [4.78, 5) is 0. The second-order valence-electron chi connectivity index (χ2n) is 13.8. The van der Waals surface area contributed by atoms with Gasteiger partial charge in [0.05, 0.1) is 0 Å². The van der Waals surface area contributed by atoms with E-state index in [4.69, 9.17) is 0 Å². The van der Waals surface area contributed by atoms with E-state index in [2.05, 4.69) is 136 Å². The van der Waals surface area contributed by atoms with Gasteiger partial charge in [0.1, 0.15) is 0 Å². The molecule has 0 heterocycles. The first-order chi connectivity index (χ1) is 18.3. The molecular weight excluding hydrogens is 619 g/mol. The first-order valence-electron chi connectivity index (χ1n) is 14.8. The van der Waals surface area contributed by atoms with Crippen LogP contribution in [0.4, 0.5) is 0 Å². The van der Waals surface area contributed by atoms with Crippen molar-refractivity contribution < 1.29 is 46.1 Å². The topological polar surface area (TPSA) is 0 Å². The Morgan fingerprint density at radius 3 is 2.00 bits per heavy atom.